The van der Waals surface area contributed by atoms with Gasteiger partial charge in [0.05, 0.1) is 11.6 Å². The maximum atomic E-state index is 14.2. The van der Waals surface area contributed by atoms with Crippen LogP contribution in [0, 0.1) is 0 Å². The first kappa shape index (κ1) is 23.5. The highest BCUT2D eigenvalue weighted by atomic mass is 19.4. The Kier molecular flexibility index (Phi) is 5.68. The van der Waals surface area contributed by atoms with Gasteiger partial charge in [0, 0.05) is 36.3 Å². The first-order chi connectivity index (χ1) is 16.5. The summed E-state index contributed by atoms with van der Waals surface area (Å²) in [6.45, 7) is 6.11. The zero-order valence-corrected chi connectivity index (χ0v) is 19.8. The van der Waals surface area contributed by atoms with Crippen LogP contribution in [-0.2, 0) is 0 Å². The van der Waals surface area contributed by atoms with Crippen molar-refractivity contribution in [2.45, 2.75) is 51.1 Å². The zero-order valence-electron chi connectivity index (χ0n) is 19.8. The molecule has 184 valence electrons. The number of rotatable bonds is 5. The van der Waals surface area contributed by atoms with Crippen LogP contribution in [0.2, 0.25) is 0 Å². The Morgan fingerprint density at radius 1 is 1.09 bits per heavy atom. The minimum atomic E-state index is -4.46. The summed E-state index contributed by atoms with van der Waals surface area (Å²) in [5.74, 6) is 1.06. The Morgan fingerprint density at radius 2 is 1.86 bits per heavy atom. The largest absolute Gasteiger partial charge is 0.491 e. The number of hydrogen-bond donors (Lipinski definition) is 1. The van der Waals surface area contributed by atoms with E-state index in [9.17, 15) is 13.2 Å². The molecule has 4 heterocycles. The third-order valence-electron chi connectivity index (χ3n) is 6.22. The van der Waals surface area contributed by atoms with E-state index in [2.05, 4.69) is 10.2 Å². The number of hydrogen-bond acceptors (Lipinski definition) is 6. The Balaban J connectivity index is 1.57. The van der Waals surface area contributed by atoms with Crippen molar-refractivity contribution in [2.75, 3.05) is 13.1 Å². The van der Waals surface area contributed by atoms with Crippen LogP contribution < -0.4 is 10.5 Å². The molecule has 3 aromatic heterocycles. The van der Waals surface area contributed by atoms with Gasteiger partial charge in [-0.15, -0.1) is 10.2 Å². The van der Waals surface area contributed by atoms with Gasteiger partial charge >= 0.3 is 6.18 Å². The molecule has 0 bridgehead atoms. The molecule has 10 heteroatoms. The van der Waals surface area contributed by atoms with Crippen molar-refractivity contribution in [1.29, 1.82) is 0 Å². The first-order valence-electron chi connectivity index (χ1n) is 11.5. The average molecular weight is 485 g/mol. The number of likely N-dealkylation sites (tertiary alicyclic amines) is 1. The van der Waals surface area contributed by atoms with E-state index in [0.29, 0.717) is 34.9 Å². The van der Waals surface area contributed by atoms with Crippen LogP contribution in [0.1, 0.15) is 38.8 Å². The van der Waals surface area contributed by atoms with Gasteiger partial charge in [-0.2, -0.15) is 13.2 Å². The van der Waals surface area contributed by atoms with Gasteiger partial charge in [0.15, 0.2) is 11.5 Å². The fourth-order valence-corrected chi connectivity index (χ4v) is 4.66. The second kappa shape index (κ2) is 8.46. The van der Waals surface area contributed by atoms with E-state index in [4.69, 9.17) is 15.5 Å². The molecular weight excluding hydrogens is 457 g/mol. The van der Waals surface area contributed by atoms with E-state index in [0.717, 1.165) is 5.39 Å². The minimum absolute atomic E-state index is 0.0174. The van der Waals surface area contributed by atoms with Gasteiger partial charge in [0.25, 0.3) is 0 Å². The number of ether oxygens (including phenoxy) is 1. The number of pyridine rings is 2. The summed E-state index contributed by atoms with van der Waals surface area (Å²) in [6, 6.07) is 10.6. The van der Waals surface area contributed by atoms with Crippen molar-refractivity contribution in [3.05, 3.63) is 54.2 Å². The maximum absolute atomic E-state index is 14.2. The summed E-state index contributed by atoms with van der Waals surface area (Å²) >= 11 is 0. The van der Waals surface area contributed by atoms with Gasteiger partial charge in [0.1, 0.15) is 17.5 Å². The molecule has 1 aromatic carbocycles. The molecule has 2 N–H and O–H groups in total. The average Bonchev–Trinajstić information content (AvgIpc) is 3.34. The molecule has 4 aromatic rings. The zero-order chi connectivity index (χ0) is 25.0. The van der Waals surface area contributed by atoms with Crippen molar-refractivity contribution in [2.24, 2.45) is 5.73 Å². The molecule has 1 fully saturated rings. The van der Waals surface area contributed by atoms with Crippen molar-refractivity contribution in [3.63, 3.8) is 0 Å². The lowest BCUT2D eigenvalue weighted by Gasteiger charge is -2.31. The number of nitrogens with zero attached hydrogens (tertiary/aromatic N) is 5. The van der Waals surface area contributed by atoms with Crippen molar-refractivity contribution in [3.8, 4) is 17.3 Å². The summed E-state index contributed by atoms with van der Waals surface area (Å²) in [5, 5.41) is 9.29. The number of fused-ring (bicyclic) bond motifs is 2. The normalized spacial score (nSPS) is 20.2. The lowest BCUT2D eigenvalue weighted by molar-refractivity contribution is -0.184. The molecular formula is C25H27F3N6O. The highest BCUT2D eigenvalue weighted by Gasteiger charge is 2.48. The monoisotopic (exact) mass is 484 g/mol. The lowest BCUT2D eigenvalue weighted by atomic mass is 10.0. The smallest absolute Gasteiger partial charge is 0.408 e. The molecule has 5 rings (SSSR count). The third-order valence-corrected chi connectivity index (χ3v) is 6.22. The van der Waals surface area contributed by atoms with E-state index >= 15 is 0 Å². The number of halogens is 3. The Hall–Kier alpha value is -3.24. The summed E-state index contributed by atoms with van der Waals surface area (Å²) < 4.78 is 50.0. The Bertz CT molecular complexity index is 1380. The number of aromatic nitrogens is 4. The molecule has 2 atom stereocenters. The first-order valence-corrected chi connectivity index (χ1v) is 11.5. The predicted octanol–water partition coefficient (Wildman–Crippen LogP) is 4.76. The topological polar surface area (TPSA) is 81.6 Å². The van der Waals surface area contributed by atoms with Crippen LogP contribution in [-0.4, -0.2) is 55.4 Å². The van der Waals surface area contributed by atoms with Gasteiger partial charge in [-0.3, -0.25) is 9.30 Å². The predicted molar refractivity (Wildman–Crippen MR) is 127 cm³/mol. The summed E-state index contributed by atoms with van der Waals surface area (Å²) in [6.07, 6.45) is -2.48. The second-order valence-electron chi connectivity index (χ2n) is 9.75. The molecule has 1 saturated heterocycles. The van der Waals surface area contributed by atoms with Crippen LogP contribution >= 0.6 is 0 Å². The molecule has 1 aliphatic heterocycles. The SMILES string of the molecule is CC(C)Oc1ccc2ccc(-c3nnc4ccc([C@H](N5CCC(C)(N)C5)C(F)(F)F)cn34)nc2c1. The van der Waals surface area contributed by atoms with Crippen LogP contribution in [0.5, 0.6) is 5.75 Å². The molecule has 0 radical (unpaired) electrons. The fourth-order valence-electron chi connectivity index (χ4n) is 4.66. The van der Waals surface area contributed by atoms with E-state index in [1.54, 1.807) is 23.5 Å². The molecule has 35 heavy (non-hydrogen) atoms. The summed E-state index contributed by atoms with van der Waals surface area (Å²) in [5.41, 5.74) is 7.23. The Labute approximate surface area is 200 Å². The standard InChI is InChI=1S/C25H27F3N6O/c1-15(2)35-18-7-4-16-5-8-19(30-20(16)12-18)23-32-31-21-9-6-17(13-34(21)23)22(25(26,27)28)33-11-10-24(3,29)14-33/h4-9,12-13,15,22H,10-11,14,29H2,1-3H3/t22-,24?/m0/s1. The molecule has 0 aliphatic carbocycles. The quantitative estimate of drug-likeness (QED) is 0.440. The molecule has 0 saturated carbocycles. The van der Waals surface area contributed by atoms with E-state index in [1.807, 2.05) is 38.1 Å². The van der Waals surface area contributed by atoms with Gasteiger partial charge in [0.2, 0.25) is 0 Å². The van der Waals surface area contributed by atoms with Crippen molar-refractivity contribution in [1.82, 2.24) is 24.5 Å². The molecule has 1 unspecified atom stereocenters. The van der Waals surface area contributed by atoms with Gasteiger partial charge in [-0.05, 0) is 57.0 Å². The van der Waals surface area contributed by atoms with Crippen LogP contribution in [0.25, 0.3) is 28.1 Å². The van der Waals surface area contributed by atoms with Gasteiger partial charge < -0.3 is 10.5 Å². The summed E-state index contributed by atoms with van der Waals surface area (Å²) in [7, 11) is 0. The lowest BCUT2D eigenvalue weighted by Crippen LogP contribution is -2.43. The summed E-state index contributed by atoms with van der Waals surface area (Å²) in [4.78, 5) is 6.10. The third kappa shape index (κ3) is 4.68. The van der Waals surface area contributed by atoms with Crippen molar-refractivity contribution >= 4 is 16.6 Å². The highest BCUT2D eigenvalue weighted by Crippen LogP contribution is 2.41. The molecule has 0 amide bonds. The van der Waals surface area contributed by atoms with Crippen molar-refractivity contribution < 1.29 is 17.9 Å². The van der Waals surface area contributed by atoms with Crippen LogP contribution in [0.15, 0.2) is 48.7 Å². The molecule has 1 aliphatic rings. The molecule has 0 spiro atoms. The number of alkyl halides is 3. The fraction of sp³-hybridized carbons (Fsp3) is 0.400. The maximum Gasteiger partial charge on any atom is 0.408 e. The van der Waals surface area contributed by atoms with Crippen LogP contribution in [0.4, 0.5) is 13.2 Å². The Morgan fingerprint density at radius 3 is 2.54 bits per heavy atom. The number of nitrogens with two attached hydrogens (primary N) is 1. The van der Waals surface area contributed by atoms with Gasteiger partial charge in [-0.1, -0.05) is 12.1 Å². The second-order valence-corrected chi connectivity index (χ2v) is 9.75. The van der Waals surface area contributed by atoms with E-state index in [1.165, 1.54) is 17.2 Å². The molecule has 7 nitrogen and oxygen atoms in total. The van der Waals surface area contributed by atoms with Gasteiger partial charge in [-0.25, -0.2) is 4.98 Å². The van der Waals surface area contributed by atoms with E-state index < -0.39 is 17.8 Å². The number of benzene rings is 1. The van der Waals surface area contributed by atoms with E-state index in [-0.39, 0.29) is 24.8 Å². The minimum Gasteiger partial charge on any atom is -0.491 e. The highest BCUT2D eigenvalue weighted by molar-refractivity contribution is 5.82. The van der Waals surface area contributed by atoms with Crippen LogP contribution in [0.3, 0.4) is 0 Å².